The molecule has 0 saturated heterocycles. The number of ether oxygens (including phenoxy) is 1. The lowest BCUT2D eigenvalue weighted by Crippen LogP contribution is -2.49. The van der Waals surface area contributed by atoms with Crippen molar-refractivity contribution in [2.24, 2.45) is 0 Å². The highest BCUT2D eigenvalue weighted by atomic mass is 32.1. The Hall–Kier alpha value is -2.18. The minimum Gasteiger partial charge on any atom is -0.375 e. The van der Waals surface area contributed by atoms with Gasteiger partial charge in [0.15, 0.2) is 0 Å². The lowest BCUT2D eigenvalue weighted by Gasteiger charge is -2.38. The van der Waals surface area contributed by atoms with E-state index in [9.17, 15) is 9.59 Å². The molecule has 2 aromatic rings. The Morgan fingerprint density at radius 1 is 1.28 bits per heavy atom. The van der Waals surface area contributed by atoms with Crippen molar-refractivity contribution in [1.29, 1.82) is 0 Å². The predicted molar refractivity (Wildman–Crippen MR) is 116 cm³/mol. The molecule has 2 amide bonds. The molecule has 0 N–H and O–H groups in total. The molecule has 3 rings (SSSR count). The molecule has 0 aliphatic carbocycles. The molecule has 2 atom stereocenters. The summed E-state index contributed by atoms with van der Waals surface area (Å²) in [4.78, 5) is 30.9. The highest BCUT2D eigenvalue weighted by Crippen LogP contribution is 2.38. The Balaban J connectivity index is 1.89. The minimum absolute atomic E-state index is 0.00626. The molecule has 0 spiro atoms. The summed E-state index contributed by atoms with van der Waals surface area (Å²) in [7, 11) is 1.50. The minimum atomic E-state index is -0.143. The number of carbonyl (C=O) groups excluding carboxylic acids is 2. The van der Waals surface area contributed by atoms with Gasteiger partial charge in [0, 0.05) is 24.6 Å². The van der Waals surface area contributed by atoms with Crippen molar-refractivity contribution in [1.82, 2.24) is 9.80 Å². The van der Waals surface area contributed by atoms with E-state index in [0.717, 1.165) is 18.4 Å². The smallest absolute Gasteiger partial charge is 0.249 e. The van der Waals surface area contributed by atoms with Gasteiger partial charge in [-0.25, -0.2) is 0 Å². The van der Waals surface area contributed by atoms with Gasteiger partial charge in [-0.3, -0.25) is 9.59 Å². The number of carbonyl (C=O) groups is 2. The third kappa shape index (κ3) is 4.70. The Kier molecular flexibility index (Phi) is 7.09. The van der Waals surface area contributed by atoms with E-state index in [0.29, 0.717) is 6.54 Å². The van der Waals surface area contributed by atoms with Crippen LogP contribution in [-0.4, -0.2) is 54.5 Å². The zero-order valence-corrected chi connectivity index (χ0v) is 18.5. The lowest BCUT2D eigenvalue weighted by molar-refractivity contribution is -0.145. The molecular weight excluding hydrogens is 384 g/mol. The fraction of sp³-hybridized carbons (Fsp3) is 0.478. The average molecular weight is 415 g/mol. The van der Waals surface area contributed by atoms with Crippen LogP contribution in [0, 0.1) is 6.92 Å². The van der Waals surface area contributed by atoms with Crippen molar-refractivity contribution < 1.29 is 14.3 Å². The maximum Gasteiger partial charge on any atom is 0.249 e. The van der Waals surface area contributed by atoms with E-state index >= 15 is 0 Å². The first-order valence-corrected chi connectivity index (χ1v) is 11.0. The summed E-state index contributed by atoms with van der Waals surface area (Å²) in [5.41, 5.74) is 3.51. The van der Waals surface area contributed by atoms with E-state index in [2.05, 4.69) is 42.6 Å². The normalized spacial score (nSPS) is 17.0. The number of thiophene rings is 1. The molecule has 2 heterocycles. The Bertz CT molecular complexity index is 846. The second-order valence-electron chi connectivity index (χ2n) is 7.66. The van der Waals surface area contributed by atoms with Crippen LogP contribution in [0.25, 0.3) is 0 Å². The van der Waals surface area contributed by atoms with Crippen molar-refractivity contribution >= 4 is 23.2 Å². The van der Waals surface area contributed by atoms with Crippen LogP contribution in [0.5, 0.6) is 0 Å². The molecule has 0 radical (unpaired) electrons. The van der Waals surface area contributed by atoms with Gasteiger partial charge >= 0.3 is 0 Å². The third-order valence-corrected chi connectivity index (χ3v) is 6.69. The van der Waals surface area contributed by atoms with Crippen molar-refractivity contribution in [3.05, 3.63) is 57.3 Å². The van der Waals surface area contributed by atoms with Crippen LogP contribution in [0.1, 0.15) is 47.9 Å². The Morgan fingerprint density at radius 3 is 2.66 bits per heavy atom. The molecule has 0 fully saturated rings. The maximum atomic E-state index is 13.4. The summed E-state index contributed by atoms with van der Waals surface area (Å²) in [6.07, 6.45) is 1.65. The van der Waals surface area contributed by atoms with Crippen LogP contribution in [0.2, 0.25) is 0 Å². The highest BCUT2D eigenvalue weighted by molar-refractivity contribution is 7.10. The van der Waals surface area contributed by atoms with Gasteiger partial charge in [0.2, 0.25) is 11.8 Å². The van der Waals surface area contributed by atoms with Crippen LogP contribution in [0.15, 0.2) is 35.7 Å². The van der Waals surface area contributed by atoms with Gasteiger partial charge in [0.05, 0.1) is 6.04 Å². The first kappa shape index (κ1) is 21.5. The molecule has 1 aliphatic rings. The molecule has 1 aromatic heterocycles. The van der Waals surface area contributed by atoms with Crippen LogP contribution in [0.3, 0.4) is 0 Å². The third-order valence-electron chi connectivity index (χ3n) is 5.70. The van der Waals surface area contributed by atoms with Crippen molar-refractivity contribution in [2.75, 3.05) is 26.8 Å². The van der Waals surface area contributed by atoms with E-state index in [-0.39, 0.29) is 37.0 Å². The SMILES string of the molecule is CC[C@@H](C)N(CC(=O)N1CCc2sccc2[C@@H]1c1ccc(C)cc1)C(=O)COC. The summed E-state index contributed by atoms with van der Waals surface area (Å²) in [5.74, 6) is -0.160. The standard InChI is InChI=1S/C23H30N2O3S/c1-5-17(3)25(22(27)15-28-4)14-21(26)24-12-10-20-19(11-13-29-20)23(24)18-8-6-16(2)7-9-18/h6-9,11,13,17,23H,5,10,12,14-15H2,1-4H3/t17-,23+/m1/s1. The molecule has 0 bridgehead atoms. The molecule has 1 aliphatic heterocycles. The summed E-state index contributed by atoms with van der Waals surface area (Å²) in [6, 6.07) is 10.4. The number of benzene rings is 1. The first-order valence-electron chi connectivity index (χ1n) is 10.2. The average Bonchev–Trinajstić information content (AvgIpc) is 3.20. The van der Waals surface area contributed by atoms with E-state index < -0.39 is 0 Å². The Labute approximate surface area is 177 Å². The van der Waals surface area contributed by atoms with Crippen LogP contribution < -0.4 is 0 Å². The zero-order chi connectivity index (χ0) is 21.0. The maximum absolute atomic E-state index is 13.4. The van der Waals surface area contributed by atoms with Crippen molar-refractivity contribution in [3.8, 4) is 0 Å². The number of aryl methyl sites for hydroxylation is 1. The van der Waals surface area contributed by atoms with Gasteiger partial charge in [0.1, 0.15) is 13.2 Å². The first-order chi connectivity index (χ1) is 14.0. The number of fused-ring (bicyclic) bond motifs is 1. The Morgan fingerprint density at radius 2 is 2.00 bits per heavy atom. The van der Waals surface area contributed by atoms with E-state index in [1.54, 1.807) is 16.2 Å². The predicted octanol–water partition coefficient (Wildman–Crippen LogP) is 3.80. The number of rotatable bonds is 7. The van der Waals surface area contributed by atoms with Crippen molar-refractivity contribution in [3.63, 3.8) is 0 Å². The topological polar surface area (TPSA) is 49.9 Å². The van der Waals surface area contributed by atoms with Gasteiger partial charge < -0.3 is 14.5 Å². The molecule has 0 unspecified atom stereocenters. The van der Waals surface area contributed by atoms with Crippen LogP contribution in [0.4, 0.5) is 0 Å². The fourth-order valence-electron chi connectivity index (χ4n) is 3.85. The number of hydrogen-bond donors (Lipinski definition) is 0. The number of amides is 2. The summed E-state index contributed by atoms with van der Waals surface area (Å²) in [5, 5.41) is 2.10. The fourth-order valence-corrected chi connectivity index (χ4v) is 4.75. The molecule has 0 saturated carbocycles. The lowest BCUT2D eigenvalue weighted by atomic mass is 9.92. The van der Waals surface area contributed by atoms with Crippen LogP contribution >= 0.6 is 11.3 Å². The molecule has 1 aromatic carbocycles. The molecule has 29 heavy (non-hydrogen) atoms. The van der Waals surface area contributed by atoms with E-state index in [1.807, 2.05) is 18.7 Å². The van der Waals surface area contributed by atoms with Gasteiger partial charge in [0.25, 0.3) is 0 Å². The zero-order valence-electron chi connectivity index (χ0n) is 17.7. The number of hydrogen-bond acceptors (Lipinski definition) is 4. The molecular formula is C23H30N2O3S. The molecule has 5 nitrogen and oxygen atoms in total. The van der Waals surface area contributed by atoms with E-state index in [4.69, 9.17) is 4.74 Å². The number of nitrogens with zero attached hydrogens (tertiary/aromatic N) is 2. The van der Waals surface area contributed by atoms with Gasteiger partial charge in [-0.05, 0) is 49.3 Å². The van der Waals surface area contributed by atoms with Gasteiger partial charge in [-0.15, -0.1) is 11.3 Å². The quantitative estimate of drug-likeness (QED) is 0.692. The van der Waals surface area contributed by atoms with Crippen LogP contribution in [-0.2, 0) is 20.7 Å². The monoisotopic (exact) mass is 414 g/mol. The van der Waals surface area contributed by atoms with Crippen molar-refractivity contribution in [2.45, 2.75) is 45.7 Å². The highest BCUT2D eigenvalue weighted by Gasteiger charge is 2.34. The summed E-state index contributed by atoms with van der Waals surface area (Å²) < 4.78 is 5.03. The molecule has 156 valence electrons. The van der Waals surface area contributed by atoms with Gasteiger partial charge in [-0.1, -0.05) is 36.8 Å². The summed E-state index contributed by atoms with van der Waals surface area (Å²) >= 11 is 1.76. The van der Waals surface area contributed by atoms with E-state index in [1.165, 1.54) is 23.1 Å². The van der Waals surface area contributed by atoms with Gasteiger partial charge in [-0.2, -0.15) is 0 Å². The summed E-state index contributed by atoms with van der Waals surface area (Å²) in [6.45, 7) is 6.81. The molecule has 6 heteroatoms. The largest absolute Gasteiger partial charge is 0.375 e. The second kappa shape index (κ2) is 9.55. The second-order valence-corrected chi connectivity index (χ2v) is 8.66. The number of methoxy groups -OCH3 is 1.